The minimum Gasteiger partial charge on any atom is -0.508 e. The predicted molar refractivity (Wildman–Crippen MR) is 127 cm³/mol. The molecule has 3 N–H and O–H groups in total. The highest BCUT2D eigenvalue weighted by Gasteiger charge is 2.28. The highest BCUT2D eigenvalue weighted by Crippen LogP contribution is 2.40. The highest BCUT2D eigenvalue weighted by atomic mass is 16.5. The van der Waals surface area contributed by atoms with Crippen LogP contribution in [0.25, 0.3) is 0 Å². The molecule has 170 valence electrons. The molecular weight excluding hydrogens is 416 g/mol. The molecule has 1 atom stereocenters. The summed E-state index contributed by atoms with van der Waals surface area (Å²) >= 11 is 0. The van der Waals surface area contributed by atoms with Gasteiger partial charge in [0.2, 0.25) is 0 Å². The monoisotopic (exact) mass is 444 g/mol. The number of nitrogens with one attached hydrogen (secondary N) is 2. The molecule has 1 heterocycles. The van der Waals surface area contributed by atoms with E-state index in [9.17, 15) is 9.90 Å². The number of carbonyl (C=O) groups excluding carboxylic acids is 1. The van der Waals surface area contributed by atoms with E-state index in [1.54, 1.807) is 24.3 Å². The Bertz CT molecular complexity index is 1150. The lowest BCUT2D eigenvalue weighted by Crippen LogP contribution is -2.41. The van der Waals surface area contributed by atoms with Crippen molar-refractivity contribution in [3.63, 3.8) is 0 Å². The van der Waals surface area contributed by atoms with Crippen molar-refractivity contribution in [1.82, 2.24) is 4.90 Å². The number of carbonyl (C=O) groups is 1. The van der Waals surface area contributed by atoms with Crippen LogP contribution in [0.15, 0.2) is 30.3 Å². The van der Waals surface area contributed by atoms with Gasteiger partial charge in [-0.1, -0.05) is 24.7 Å². The second-order valence-corrected chi connectivity index (χ2v) is 8.78. The van der Waals surface area contributed by atoms with Gasteiger partial charge in [0.15, 0.2) is 6.10 Å². The normalized spacial score (nSPS) is 17.2. The average Bonchev–Trinajstić information content (AvgIpc) is 3.34. The number of nitriles is 1. The molecule has 0 spiro atoms. The topological polar surface area (TPSA) is 97.6 Å². The molecule has 0 bridgehead atoms. The molecule has 1 aliphatic carbocycles. The summed E-state index contributed by atoms with van der Waals surface area (Å²) in [5, 5.41) is 25.8. The molecule has 7 heteroatoms. The van der Waals surface area contributed by atoms with Crippen LogP contribution in [0.4, 0.5) is 11.4 Å². The van der Waals surface area contributed by atoms with Crippen LogP contribution < -0.4 is 15.4 Å². The Morgan fingerprint density at radius 1 is 1.27 bits per heavy atom. The van der Waals surface area contributed by atoms with E-state index in [2.05, 4.69) is 28.5 Å². The fraction of sp³-hybridized carbons (Fsp3) is 0.385. The Balaban J connectivity index is 1.56. The Labute approximate surface area is 194 Å². The number of anilines is 2. The lowest BCUT2D eigenvalue weighted by atomic mass is 9.94. The lowest BCUT2D eigenvalue weighted by molar-refractivity contribution is -0.122. The second kappa shape index (κ2) is 9.85. The van der Waals surface area contributed by atoms with Crippen molar-refractivity contribution in [2.75, 3.05) is 37.8 Å². The number of fused-ring (bicyclic) bond motifs is 1. The number of benzene rings is 2. The molecule has 1 unspecified atom stereocenters. The van der Waals surface area contributed by atoms with Crippen LogP contribution in [0.1, 0.15) is 48.3 Å². The summed E-state index contributed by atoms with van der Waals surface area (Å²) < 4.78 is 5.86. The summed E-state index contributed by atoms with van der Waals surface area (Å²) in [5.74, 6) is 6.99. The zero-order valence-corrected chi connectivity index (χ0v) is 18.9. The largest absolute Gasteiger partial charge is 0.508 e. The fourth-order valence-electron chi connectivity index (χ4n) is 4.27. The molecule has 1 aliphatic heterocycles. The minimum atomic E-state index is -0.760. The quantitative estimate of drug-likeness (QED) is 0.623. The number of phenols is 1. The van der Waals surface area contributed by atoms with Crippen LogP contribution in [-0.2, 0) is 4.79 Å². The van der Waals surface area contributed by atoms with Gasteiger partial charge in [0, 0.05) is 11.6 Å². The Morgan fingerprint density at radius 3 is 2.79 bits per heavy atom. The third kappa shape index (κ3) is 5.22. The average molecular weight is 445 g/mol. The van der Waals surface area contributed by atoms with Crippen molar-refractivity contribution in [3.05, 3.63) is 47.0 Å². The molecule has 0 saturated heterocycles. The first-order chi connectivity index (χ1) is 15.9. The first kappa shape index (κ1) is 22.5. The molecule has 0 aromatic heterocycles. The molecule has 2 aliphatic rings. The van der Waals surface area contributed by atoms with Crippen molar-refractivity contribution < 1.29 is 14.6 Å². The Morgan fingerprint density at radius 2 is 2.06 bits per heavy atom. The molecule has 2 aromatic rings. The van der Waals surface area contributed by atoms with E-state index >= 15 is 0 Å². The van der Waals surface area contributed by atoms with Gasteiger partial charge in [-0.05, 0) is 62.7 Å². The molecule has 33 heavy (non-hydrogen) atoms. The van der Waals surface area contributed by atoms with E-state index in [0.717, 1.165) is 31.2 Å². The van der Waals surface area contributed by atoms with Crippen LogP contribution in [0, 0.1) is 23.2 Å². The van der Waals surface area contributed by atoms with Crippen molar-refractivity contribution in [1.29, 1.82) is 5.26 Å². The summed E-state index contributed by atoms with van der Waals surface area (Å²) in [5.41, 5.74) is 3.27. The standard InChI is InChI=1S/C26H28N4O3/c1-30(2)11-5-8-19-13-20(18-6-3-4-7-18)23(31)14-21(19)29-26(32)25-16-28-22-12-17(15-27)9-10-24(22)33-25/h9-10,12-14,18,25,28,31H,3-4,6-7,11,16H2,1-2H3,(H,29,32). The van der Waals surface area contributed by atoms with E-state index in [1.165, 1.54) is 0 Å². The van der Waals surface area contributed by atoms with Gasteiger partial charge in [-0.15, -0.1) is 0 Å². The lowest BCUT2D eigenvalue weighted by Gasteiger charge is -2.27. The van der Waals surface area contributed by atoms with E-state index in [-0.39, 0.29) is 18.2 Å². The summed E-state index contributed by atoms with van der Waals surface area (Å²) in [6.07, 6.45) is 3.67. The van der Waals surface area contributed by atoms with Crippen LogP contribution in [0.5, 0.6) is 11.5 Å². The van der Waals surface area contributed by atoms with Crippen molar-refractivity contribution in [2.24, 2.45) is 0 Å². The van der Waals surface area contributed by atoms with Gasteiger partial charge in [-0.25, -0.2) is 0 Å². The number of phenolic OH excluding ortho intramolecular Hbond substituents is 1. The van der Waals surface area contributed by atoms with E-state index in [4.69, 9.17) is 10.00 Å². The van der Waals surface area contributed by atoms with Gasteiger partial charge in [0.05, 0.1) is 36.1 Å². The number of hydrogen-bond donors (Lipinski definition) is 3. The van der Waals surface area contributed by atoms with Crippen LogP contribution in [0.2, 0.25) is 0 Å². The summed E-state index contributed by atoms with van der Waals surface area (Å²) in [6.45, 7) is 0.853. The third-order valence-electron chi connectivity index (χ3n) is 5.99. The van der Waals surface area contributed by atoms with E-state index in [0.29, 0.717) is 40.7 Å². The molecule has 4 rings (SSSR count). The van der Waals surface area contributed by atoms with Crippen LogP contribution in [-0.4, -0.2) is 49.2 Å². The number of amides is 1. The fourth-order valence-corrected chi connectivity index (χ4v) is 4.27. The Kier molecular flexibility index (Phi) is 6.72. The molecule has 1 saturated carbocycles. The zero-order valence-electron chi connectivity index (χ0n) is 18.9. The molecular formula is C26H28N4O3. The number of nitrogens with zero attached hydrogens (tertiary/aromatic N) is 2. The zero-order chi connectivity index (χ0) is 23.4. The number of rotatable bonds is 4. The van der Waals surface area contributed by atoms with Gasteiger partial charge in [0.1, 0.15) is 11.5 Å². The number of hydrogen-bond acceptors (Lipinski definition) is 6. The van der Waals surface area contributed by atoms with Crippen molar-refractivity contribution >= 4 is 17.3 Å². The van der Waals surface area contributed by atoms with Crippen molar-refractivity contribution in [2.45, 2.75) is 37.7 Å². The smallest absolute Gasteiger partial charge is 0.267 e. The molecule has 2 aromatic carbocycles. The van der Waals surface area contributed by atoms with Gasteiger partial charge in [0.25, 0.3) is 5.91 Å². The summed E-state index contributed by atoms with van der Waals surface area (Å²) in [6, 6.07) is 10.6. The number of aromatic hydroxyl groups is 1. The minimum absolute atomic E-state index is 0.187. The van der Waals surface area contributed by atoms with Gasteiger partial charge in [-0.3, -0.25) is 9.69 Å². The first-order valence-electron chi connectivity index (χ1n) is 11.2. The number of ether oxygens (including phenoxy) is 1. The van der Waals surface area contributed by atoms with Crippen LogP contribution >= 0.6 is 0 Å². The molecule has 1 amide bonds. The first-order valence-corrected chi connectivity index (χ1v) is 11.2. The van der Waals surface area contributed by atoms with Gasteiger partial charge >= 0.3 is 0 Å². The van der Waals surface area contributed by atoms with Gasteiger partial charge in [-0.2, -0.15) is 5.26 Å². The molecule has 7 nitrogen and oxygen atoms in total. The maximum absolute atomic E-state index is 13.0. The SMILES string of the molecule is CN(C)CC#Cc1cc(C2CCCC2)c(O)cc1NC(=O)C1CNc2cc(C#N)ccc2O1. The molecule has 0 radical (unpaired) electrons. The summed E-state index contributed by atoms with van der Waals surface area (Å²) in [7, 11) is 3.89. The third-order valence-corrected chi connectivity index (χ3v) is 5.99. The van der Waals surface area contributed by atoms with E-state index < -0.39 is 6.10 Å². The highest BCUT2D eigenvalue weighted by molar-refractivity contribution is 5.96. The molecule has 1 fully saturated rings. The maximum Gasteiger partial charge on any atom is 0.267 e. The maximum atomic E-state index is 13.0. The van der Waals surface area contributed by atoms with Crippen LogP contribution in [0.3, 0.4) is 0 Å². The Hall–Kier alpha value is -3.68. The van der Waals surface area contributed by atoms with Crippen molar-refractivity contribution in [3.8, 4) is 29.4 Å². The van der Waals surface area contributed by atoms with Gasteiger partial charge < -0.3 is 20.5 Å². The summed E-state index contributed by atoms with van der Waals surface area (Å²) in [4.78, 5) is 15.0. The predicted octanol–water partition coefficient (Wildman–Crippen LogP) is 3.65. The second-order valence-electron chi connectivity index (χ2n) is 8.78. The van der Waals surface area contributed by atoms with E-state index in [1.807, 2.05) is 25.1 Å².